The Morgan fingerprint density at radius 1 is 1.11 bits per heavy atom. The SMILES string of the molecule is COc1cc(OC)cc(C(C)(C)C(=O)N(C)c2cnc(N3C[C@H](O)C[C@]3(C)O)cc2-c2ccccc2C)c1. The third-order valence-corrected chi connectivity index (χ3v) is 7.45. The van der Waals surface area contributed by atoms with Crippen molar-refractivity contribution in [2.24, 2.45) is 0 Å². The van der Waals surface area contributed by atoms with E-state index in [1.54, 1.807) is 50.3 Å². The van der Waals surface area contributed by atoms with Crippen LogP contribution in [-0.4, -0.2) is 60.7 Å². The van der Waals surface area contributed by atoms with Crippen LogP contribution in [0.5, 0.6) is 11.5 Å². The van der Waals surface area contributed by atoms with Crippen molar-refractivity contribution in [1.82, 2.24) is 4.98 Å². The van der Waals surface area contributed by atoms with Crippen molar-refractivity contribution >= 4 is 17.4 Å². The van der Waals surface area contributed by atoms with Gasteiger partial charge in [-0.15, -0.1) is 0 Å². The first-order valence-corrected chi connectivity index (χ1v) is 12.6. The highest BCUT2D eigenvalue weighted by atomic mass is 16.5. The number of hydrogen-bond donors (Lipinski definition) is 2. The van der Waals surface area contributed by atoms with E-state index in [0.717, 1.165) is 22.3 Å². The van der Waals surface area contributed by atoms with Crippen molar-refractivity contribution in [3.63, 3.8) is 0 Å². The molecule has 2 aromatic carbocycles. The van der Waals surface area contributed by atoms with Crippen LogP contribution in [0.2, 0.25) is 0 Å². The molecule has 2 heterocycles. The average Bonchev–Trinajstić information content (AvgIpc) is 3.18. The van der Waals surface area contributed by atoms with E-state index in [0.29, 0.717) is 23.0 Å². The third kappa shape index (κ3) is 5.06. The Kier molecular flexibility index (Phi) is 7.41. The van der Waals surface area contributed by atoms with E-state index in [-0.39, 0.29) is 18.9 Å². The number of methoxy groups -OCH3 is 2. The number of likely N-dealkylation sites (N-methyl/N-ethyl adjacent to an activating group) is 1. The number of aryl methyl sites for hydroxylation is 1. The number of aliphatic hydroxyl groups excluding tert-OH is 1. The molecule has 0 unspecified atom stereocenters. The van der Waals surface area contributed by atoms with Gasteiger partial charge in [-0.2, -0.15) is 0 Å². The molecule has 4 rings (SSSR count). The Morgan fingerprint density at radius 2 is 1.74 bits per heavy atom. The number of amides is 1. The van der Waals surface area contributed by atoms with Gasteiger partial charge in [0, 0.05) is 31.6 Å². The lowest BCUT2D eigenvalue weighted by atomic mass is 9.82. The highest BCUT2D eigenvalue weighted by Gasteiger charge is 2.41. The van der Waals surface area contributed by atoms with Crippen LogP contribution in [0.3, 0.4) is 0 Å². The van der Waals surface area contributed by atoms with Crippen LogP contribution in [0, 0.1) is 6.92 Å². The quantitative estimate of drug-likeness (QED) is 0.481. The second-order valence-electron chi connectivity index (χ2n) is 10.7. The lowest BCUT2D eigenvalue weighted by Gasteiger charge is -2.33. The molecule has 2 N–H and O–H groups in total. The predicted molar refractivity (Wildman–Crippen MR) is 149 cm³/mol. The summed E-state index contributed by atoms with van der Waals surface area (Å²) in [5.74, 6) is 1.61. The molecule has 1 fully saturated rings. The Hall–Kier alpha value is -3.62. The second-order valence-corrected chi connectivity index (χ2v) is 10.7. The number of aliphatic hydroxyl groups is 2. The first-order chi connectivity index (χ1) is 17.9. The van der Waals surface area contributed by atoms with Crippen LogP contribution in [-0.2, 0) is 10.2 Å². The molecule has 1 amide bonds. The summed E-state index contributed by atoms with van der Waals surface area (Å²) in [4.78, 5) is 22.0. The minimum atomic E-state index is -1.23. The topological polar surface area (TPSA) is 95.4 Å². The molecule has 2 atom stereocenters. The Bertz CT molecular complexity index is 1310. The van der Waals surface area contributed by atoms with Gasteiger partial charge in [0.05, 0.1) is 37.6 Å². The van der Waals surface area contributed by atoms with Crippen LogP contribution >= 0.6 is 0 Å². The monoisotopic (exact) mass is 519 g/mol. The van der Waals surface area contributed by atoms with Crippen molar-refractivity contribution in [2.45, 2.75) is 51.4 Å². The third-order valence-electron chi connectivity index (χ3n) is 7.45. The fourth-order valence-electron chi connectivity index (χ4n) is 5.13. The van der Waals surface area contributed by atoms with Gasteiger partial charge in [0.2, 0.25) is 5.91 Å². The highest BCUT2D eigenvalue weighted by molar-refractivity contribution is 6.03. The Balaban J connectivity index is 1.80. The van der Waals surface area contributed by atoms with Crippen LogP contribution in [0.15, 0.2) is 54.7 Å². The summed E-state index contributed by atoms with van der Waals surface area (Å²) < 4.78 is 10.9. The van der Waals surface area contributed by atoms with Gasteiger partial charge in [-0.3, -0.25) is 4.79 Å². The summed E-state index contributed by atoms with van der Waals surface area (Å²) in [6, 6.07) is 15.3. The molecule has 1 aromatic heterocycles. The van der Waals surface area contributed by atoms with Crippen molar-refractivity contribution in [3.05, 3.63) is 65.9 Å². The summed E-state index contributed by atoms with van der Waals surface area (Å²) in [6.07, 6.45) is 1.24. The molecule has 1 saturated heterocycles. The van der Waals surface area contributed by atoms with Gasteiger partial charge in [-0.1, -0.05) is 24.3 Å². The number of anilines is 2. The fraction of sp³-hybridized carbons (Fsp3) is 0.400. The summed E-state index contributed by atoms with van der Waals surface area (Å²) in [6.45, 7) is 7.71. The average molecular weight is 520 g/mol. The zero-order valence-corrected chi connectivity index (χ0v) is 23.1. The van der Waals surface area contributed by atoms with Crippen molar-refractivity contribution < 1.29 is 24.5 Å². The number of pyridine rings is 1. The summed E-state index contributed by atoms with van der Waals surface area (Å²) >= 11 is 0. The van der Waals surface area contributed by atoms with Crippen LogP contribution in [0.25, 0.3) is 11.1 Å². The van der Waals surface area contributed by atoms with Gasteiger partial charge in [-0.25, -0.2) is 4.98 Å². The smallest absolute Gasteiger partial charge is 0.236 e. The lowest BCUT2D eigenvalue weighted by molar-refractivity contribution is -0.122. The number of β-amino-alcohol motifs (C(OH)–C–C–N with tert-alkyl or cyclic N) is 1. The summed E-state index contributed by atoms with van der Waals surface area (Å²) in [5.41, 5.74) is 2.04. The van der Waals surface area contributed by atoms with Crippen molar-refractivity contribution in [2.75, 3.05) is 37.6 Å². The predicted octanol–water partition coefficient (Wildman–Crippen LogP) is 4.29. The molecular weight excluding hydrogens is 482 g/mol. The lowest BCUT2D eigenvalue weighted by Crippen LogP contribution is -2.42. The number of benzene rings is 2. The molecule has 0 spiro atoms. The van der Waals surface area contributed by atoms with Gasteiger partial charge < -0.3 is 29.5 Å². The standard InChI is InChI=1S/C30H37N3O5/c1-19-10-8-9-11-24(19)25-15-27(33-18-21(34)16-30(33,4)36)31-17-26(25)32(5)28(35)29(2,3)20-12-22(37-6)14-23(13-20)38-7/h8-15,17,21,34,36H,16,18H2,1-7H3/t21-,30+/m1/s1. The number of aromatic nitrogens is 1. The van der Waals surface area contributed by atoms with E-state index in [1.807, 2.05) is 63.2 Å². The zero-order chi connectivity index (χ0) is 27.8. The number of carbonyl (C=O) groups excluding carboxylic acids is 1. The number of ether oxygens (including phenoxy) is 2. The maximum absolute atomic E-state index is 14.1. The minimum absolute atomic E-state index is 0.138. The van der Waals surface area contributed by atoms with E-state index in [9.17, 15) is 15.0 Å². The normalized spacial score (nSPS) is 19.4. The highest BCUT2D eigenvalue weighted by Crippen LogP contribution is 2.40. The largest absolute Gasteiger partial charge is 0.497 e. The van der Waals surface area contributed by atoms with Gasteiger partial charge in [0.1, 0.15) is 23.0 Å². The van der Waals surface area contributed by atoms with Gasteiger partial charge in [0.15, 0.2) is 0 Å². The molecule has 0 bridgehead atoms. The van der Waals surface area contributed by atoms with Crippen LogP contribution in [0.1, 0.15) is 38.3 Å². The number of carbonyl (C=O) groups is 1. The number of hydrogen-bond acceptors (Lipinski definition) is 7. The van der Waals surface area contributed by atoms with E-state index < -0.39 is 17.2 Å². The molecule has 0 saturated carbocycles. The van der Waals surface area contributed by atoms with Gasteiger partial charge in [-0.05, 0) is 62.6 Å². The van der Waals surface area contributed by atoms with E-state index in [4.69, 9.17) is 9.47 Å². The van der Waals surface area contributed by atoms with Crippen molar-refractivity contribution in [3.8, 4) is 22.6 Å². The molecular formula is C30H37N3O5. The molecule has 0 radical (unpaired) electrons. The molecule has 8 heteroatoms. The number of nitrogens with zero attached hydrogens (tertiary/aromatic N) is 3. The van der Waals surface area contributed by atoms with Crippen molar-refractivity contribution in [1.29, 1.82) is 0 Å². The molecule has 202 valence electrons. The zero-order valence-electron chi connectivity index (χ0n) is 23.1. The molecule has 3 aromatic rings. The maximum Gasteiger partial charge on any atom is 0.236 e. The Labute approximate surface area is 224 Å². The first-order valence-electron chi connectivity index (χ1n) is 12.6. The molecule has 8 nitrogen and oxygen atoms in total. The maximum atomic E-state index is 14.1. The molecule has 0 aliphatic carbocycles. The van der Waals surface area contributed by atoms with E-state index in [2.05, 4.69) is 4.98 Å². The molecule has 38 heavy (non-hydrogen) atoms. The minimum Gasteiger partial charge on any atom is -0.497 e. The molecule has 1 aliphatic rings. The number of rotatable bonds is 7. The second kappa shape index (κ2) is 10.3. The van der Waals surface area contributed by atoms with Gasteiger partial charge >= 0.3 is 0 Å². The Morgan fingerprint density at radius 3 is 2.29 bits per heavy atom. The van der Waals surface area contributed by atoms with E-state index >= 15 is 0 Å². The summed E-state index contributed by atoms with van der Waals surface area (Å²) in [5, 5.41) is 21.1. The fourth-order valence-corrected chi connectivity index (χ4v) is 5.13. The molecule has 1 aliphatic heterocycles. The van der Waals surface area contributed by atoms with E-state index in [1.165, 1.54) is 0 Å². The summed E-state index contributed by atoms with van der Waals surface area (Å²) in [7, 11) is 4.91. The van der Waals surface area contributed by atoms with Crippen LogP contribution < -0.4 is 19.3 Å². The van der Waals surface area contributed by atoms with Crippen LogP contribution in [0.4, 0.5) is 11.5 Å². The van der Waals surface area contributed by atoms with Gasteiger partial charge in [0.25, 0.3) is 0 Å². The first kappa shape index (κ1) is 27.4.